The summed E-state index contributed by atoms with van der Waals surface area (Å²) in [6.45, 7) is 8.10. The first-order valence-electron chi connectivity index (χ1n) is 7.36. The Balaban J connectivity index is 2.50. The van der Waals surface area contributed by atoms with Gasteiger partial charge >= 0.3 is 0 Å². The van der Waals surface area contributed by atoms with E-state index >= 15 is 0 Å². The van der Waals surface area contributed by atoms with Gasteiger partial charge in [-0.3, -0.25) is 4.79 Å². The maximum Gasteiger partial charge on any atom is 0.273 e. The molecule has 0 saturated heterocycles. The van der Waals surface area contributed by atoms with Crippen molar-refractivity contribution in [1.29, 1.82) is 0 Å². The maximum absolute atomic E-state index is 12.1. The van der Waals surface area contributed by atoms with Crippen molar-refractivity contribution < 1.29 is 4.79 Å². The largest absolute Gasteiger partial charge is 0.369 e. The number of aromatic nitrogens is 2. The first-order valence-corrected chi connectivity index (χ1v) is 7.36. The summed E-state index contributed by atoms with van der Waals surface area (Å²) in [7, 11) is 1.80. The summed E-state index contributed by atoms with van der Waals surface area (Å²) in [5.74, 6) is 1.31. The van der Waals surface area contributed by atoms with Crippen molar-refractivity contribution in [3.63, 3.8) is 0 Å². The third-order valence-corrected chi connectivity index (χ3v) is 3.09. The first kappa shape index (κ1) is 16.4. The molecule has 1 heterocycles. The Labute approximate surface area is 121 Å². The highest BCUT2D eigenvalue weighted by molar-refractivity contribution is 5.91. The van der Waals surface area contributed by atoms with Gasteiger partial charge in [0.2, 0.25) is 0 Å². The highest BCUT2D eigenvalue weighted by atomic mass is 16.2. The van der Waals surface area contributed by atoms with Crippen LogP contribution in [0.4, 0.5) is 5.82 Å². The Morgan fingerprint density at radius 3 is 2.65 bits per heavy atom. The molecule has 5 nitrogen and oxygen atoms in total. The van der Waals surface area contributed by atoms with Crippen LogP contribution in [-0.4, -0.2) is 40.9 Å². The van der Waals surface area contributed by atoms with Crippen LogP contribution >= 0.6 is 0 Å². The van der Waals surface area contributed by atoms with Crippen molar-refractivity contribution >= 4 is 11.7 Å². The van der Waals surface area contributed by atoms with E-state index in [4.69, 9.17) is 0 Å². The Morgan fingerprint density at radius 1 is 1.35 bits per heavy atom. The van der Waals surface area contributed by atoms with E-state index < -0.39 is 0 Å². The van der Waals surface area contributed by atoms with Crippen LogP contribution in [0.1, 0.15) is 50.5 Å². The molecule has 0 spiro atoms. The fraction of sp³-hybridized carbons (Fsp3) is 0.667. The Hall–Kier alpha value is -1.65. The van der Waals surface area contributed by atoms with Crippen LogP contribution in [0.5, 0.6) is 0 Å². The van der Waals surface area contributed by atoms with Crippen molar-refractivity contribution in [1.82, 2.24) is 14.9 Å². The normalized spacial score (nSPS) is 10.7. The number of hydrogen-bond acceptors (Lipinski definition) is 4. The molecule has 0 aliphatic carbocycles. The van der Waals surface area contributed by atoms with Gasteiger partial charge in [0.05, 0.1) is 12.4 Å². The monoisotopic (exact) mass is 278 g/mol. The molecule has 112 valence electrons. The molecule has 1 aromatic heterocycles. The lowest BCUT2D eigenvalue weighted by Gasteiger charge is -2.16. The second-order valence-corrected chi connectivity index (χ2v) is 5.48. The fourth-order valence-corrected chi connectivity index (χ4v) is 1.71. The molecule has 0 atom stereocenters. The van der Waals surface area contributed by atoms with Crippen molar-refractivity contribution in [3.05, 3.63) is 18.1 Å². The lowest BCUT2D eigenvalue weighted by molar-refractivity contribution is 0.0787. The van der Waals surface area contributed by atoms with Crippen LogP contribution in [0, 0.1) is 5.92 Å². The van der Waals surface area contributed by atoms with Gasteiger partial charge in [-0.1, -0.05) is 27.2 Å². The summed E-state index contributed by atoms with van der Waals surface area (Å²) in [6, 6.07) is 0. The van der Waals surface area contributed by atoms with Crippen molar-refractivity contribution in [3.8, 4) is 0 Å². The topological polar surface area (TPSA) is 58.1 Å². The van der Waals surface area contributed by atoms with E-state index in [2.05, 4.69) is 36.1 Å². The zero-order valence-corrected chi connectivity index (χ0v) is 13.0. The van der Waals surface area contributed by atoms with Crippen molar-refractivity contribution in [2.24, 2.45) is 5.92 Å². The third kappa shape index (κ3) is 5.55. The van der Waals surface area contributed by atoms with Gasteiger partial charge in [-0.05, 0) is 18.8 Å². The summed E-state index contributed by atoms with van der Waals surface area (Å²) >= 11 is 0. The SMILES string of the molecule is CCCCN(C)C(=O)c1cnc(NCCC(C)C)cn1. The molecule has 0 bridgehead atoms. The number of rotatable bonds is 8. The van der Waals surface area contributed by atoms with Crippen LogP contribution in [0.3, 0.4) is 0 Å². The summed E-state index contributed by atoms with van der Waals surface area (Å²) in [4.78, 5) is 22.2. The van der Waals surface area contributed by atoms with E-state index in [9.17, 15) is 4.79 Å². The highest BCUT2D eigenvalue weighted by Gasteiger charge is 2.12. The number of unbranched alkanes of at least 4 members (excludes halogenated alkanes) is 1. The Kier molecular flexibility index (Phi) is 6.98. The van der Waals surface area contributed by atoms with Gasteiger partial charge in [-0.25, -0.2) is 9.97 Å². The van der Waals surface area contributed by atoms with E-state index in [1.54, 1.807) is 24.3 Å². The predicted molar refractivity (Wildman–Crippen MR) is 81.8 cm³/mol. The summed E-state index contributed by atoms with van der Waals surface area (Å²) < 4.78 is 0. The van der Waals surface area contributed by atoms with Gasteiger partial charge in [0.1, 0.15) is 11.5 Å². The second kappa shape index (κ2) is 8.51. The van der Waals surface area contributed by atoms with Crippen molar-refractivity contribution in [2.75, 3.05) is 25.5 Å². The summed E-state index contributed by atoms with van der Waals surface area (Å²) in [5.41, 5.74) is 0.401. The van der Waals surface area contributed by atoms with Gasteiger partial charge in [0.15, 0.2) is 0 Å². The van der Waals surface area contributed by atoms with Crippen molar-refractivity contribution in [2.45, 2.75) is 40.0 Å². The molecule has 0 unspecified atom stereocenters. The zero-order chi connectivity index (χ0) is 15.0. The number of nitrogens with one attached hydrogen (secondary N) is 1. The predicted octanol–water partition coefficient (Wildman–Crippen LogP) is 2.81. The average molecular weight is 278 g/mol. The minimum absolute atomic E-state index is 0.0697. The molecule has 1 N–H and O–H groups in total. The molecule has 0 saturated carbocycles. The summed E-state index contributed by atoms with van der Waals surface area (Å²) in [6.07, 6.45) is 6.33. The molecule has 0 aromatic carbocycles. The quantitative estimate of drug-likeness (QED) is 0.794. The van der Waals surface area contributed by atoms with E-state index in [0.29, 0.717) is 11.6 Å². The molecule has 5 heteroatoms. The van der Waals surface area contributed by atoms with Gasteiger partial charge in [0.25, 0.3) is 5.91 Å². The number of nitrogens with zero attached hydrogens (tertiary/aromatic N) is 3. The van der Waals surface area contributed by atoms with E-state index in [0.717, 1.165) is 38.2 Å². The van der Waals surface area contributed by atoms with Crippen LogP contribution in [0.15, 0.2) is 12.4 Å². The maximum atomic E-state index is 12.1. The third-order valence-electron chi connectivity index (χ3n) is 3.09. The molecular formula is C15H26N4O. The van der Waals surface area contributed by atoms with E-state index in [1.807, 2.05) is 0 Å². The number of hydrogen-bond donors (Lipinski definition) is 1. The lowest BCUT2D eigenvalue weighted by atomic mass is 10.1. The van der Waals surface area contributed by atoms with E-state index in [1.165, 1.54) is 0 Å². The van der Waals surface area contributed by atoms with Gasteiger partial charge in [-0.15, -0.1) is 0 Å². The molecule has 0 fully saturated rings. The second-order valence-electron chi connectivity index (χ2n) is 5.48. The highest BCUT2D eigenvalue weighted by Crippen LogP contribution is 2.06. The molecular weight excluding hydrogens is 252 g/mol. The minimum atomic E-state index is -0.0697. The van der Waals surface area contributed by atoms with Crippen LogP contribution in [0.2, 0.25) is 0 Å². The first-order chi connectivity index (χ1) is 9.54. The number of amides is 1. The Morgan fingerprint density at radius 2 is 2.10 bits per heavy atom. The fourth-order valence-electron chi connectivity index (χ4n) is 1.71. The molecule has 0 aliphatic heterocycles. The van der Waals surface area contributed by atoms with Gasteiger partial charge in [0, 0.05) is 20.1 Å². The number of anilines is 1. The molecule has 1 rings (SSSR count). The molecule has 1 aromatic rings. The Bertz CT molecular complexity index is 403. The van der Waals surface area contributed by atoms with Crippen LogP contribution < -0.4 is 5.32 Å². The number of carbonyl (C=O) groups excluding carboxylic acids is 1. The smallest absolute Gasteiger partial charge is 0.273 e. The standard InChI is InChI=1S/C15H26N4O/c1-5-6-9-19(4)15(20)13-10-18-14(11-17-13)16-8-7-12(2)3/h10-12H,5-9H2,1-4H3,(H,16,18). The summed E-state index contributed by atoms with van der Waals surface area (Å²) in [5, 5.41) is 3.21. The minimum Gasteiger partial charge on any atom is -0.369 e. The van der Waals surface area contributed by atoms with Crippen LogP contribution in [-0.2, 0) is 0 Å². The molecule has 0 aliphatic rings. The average Bonchev–Trinajstić information content (AvgIpc) is 2.44. The van der Waals surface area contributed by atoms with Crippen LogP contribution in [0.25, 0.3) is 0 Å². The zero-order valence-electron chi connectivity index (χ0n) is 13.0. The van der Waals surface area contributed by atoms with Gasteiger partial charge < -0.3 is 10.2 Å². The molecule has 1 amide bonds. The molecule has 0 radical (unpaired) electrons. The lowest BCUT2D eigenvalue weighted by Crippen LogP contribution is -2.28. The molecule has 20 heavy (non-hydrogen) atoms. The number of carbonyl (C=O) groups is 1. The van der Waals surface area contributed by atoms with E-state index in [-0.39, 0.29) is 5.91 Å². The van der Waals surface area contributed by atoms with Gasteiger partial charge in [-0.2, -0.15) is 0 Å².